The van der Waals surface area contributed by atoms with Crippen LogP contribution in [0, 0.1) is 6.92 Å². The minimum Gasteiger partial charge on any atom is -0.313 e. The second-order valence-electron chi connectivity index (χ2n) is 4.63. The van der Waals surface area contributed by atoms with Crippen molar-refractivity contribution in [3.63, 3.8) is 0 Å². The normalized spacial score (nSPS) is 10.8. The van der Waals surface area contributed by atoms with E-state index in [1.54, 1.807) is 11.8 Å². The van der Waals surface area contributed by atoms with Crippen LogP contribution in [0.25, 0.3) is 0 Å². The molecule has 106 valence electrons. The van der Waals surface area contributed by atoms with Gasteiger partial charge in [-0.15, -0.1) is 11.8 Å². The Labute approximate surface area is 130 Å². The lowest BCUT2D eigenvalue weighted by Gasteiger charge is -2.08. The summed E-state index contributed by atoms with van der Waals surface area (Å²) >= 11 is 7.90. The number of hydrogen-bond acceptors (Lipinski definition) is 3. The Morgan fingerprint density at radius 3 is 2.80 bits per heavy atom. The maximum atomic E-state index is 6.17. The predicted molar refractivity (Wildman–Crippen MR) is 87.4 cm³/mol. The van der Waals surface area contributed by atoms with Crippen LogP contribution < -0.4 is 5.32 Å². The number of pyridine rings is 1. The second kappa shape index (κ2) is 7.67. The summed E-state index contributed by atoms with van der Waals surface area (Å²) in [6.45, 7) is 6.06. The van der Waals surface area contributed by atoms with Crippen LogP contribution in [0.3, 0.4) is 0 Å². The van der Waals surface area contributed by atoms with Gasteiger partial charge in [0.25, 0.3) is 0 Å². The van der Waals surface area contributed by atoms with Gasteiger partial charge in [-0.25, -0.2) is 4.98 Å². The minimum absolute atomic E-state index is 0.821. The number of benzene rings is 1. The van der Waals surface area contributed by atoms with Gasteiger partial charge in [-0.1, -0.05) is 42.8 Å². The van der Waals surface area contributed by atoms with Gasteiger partial charge in [-0.05, 0) is 36.2 Å². The van der Waals surface area contributed by atoms with Crippen LogP contribution in [0.15, 0.2) is 41.6 Å². The molecule has 0 aliphatic carbocycles. The highest BCUT2D eigenvalue weighted by molar-refractivity contribution is 7.98. The molecule has 2 nitrogen and oxygen atoms in total. The largest absolute Gasteiger partial charge is 0.313 e. The highest BCUT2D eigenvalue weighted by Gasteiger charge is 2.05. The van der Waals surface area contributed by atoms with Gasteiger partial charge in [0, 0.05) is 23.5 Å². The molecular formula is C16H19ClN2S. The Bertz CT molecular complexity index is 572. The topological polar surface area (TPSA) is 24.9 Å². The molecule has 0 saturated heterocycles. The summed E-state index contributed by atoms with van der Waals surface area (Å²) in [6.07, 6.45) is 1.95. The number of halogens is 1. The molecular weight excluding hydrogens is 288 g/mol. The third-order valence-corrected chi connectivity index (χ3v) is 4.51. The van der Waals surface area contributed by atoms with Crippen molar-refractivity contribution in [3.05, 3.63) is 58.2 Å². The van der Waals surface area contributed by atoms with Crippen LogP contribution in [0.2, 0.25) is 5.02 Å². The number of aryl methyl sites for hydroxylation is 1. The Kier molecular flexibility index (Phi) is 5.89. The molecule has 20 heavy (non-hydrogen) atoms. The monoisotopic (exact) mass is 306 g/mol. The van der Waals surface area contributed by atoms with Gasteiger partial charge < -0.3 is 5.32 Å². The van der Waals surface area contributed by atoms with Crippen LogP contribution >= 0.6 is 23.4 Å². The van der Waals surface area contributed by atoms with Crippen LogP contribution in [-0.4, -0.2) is 11.5 Å². The zero-order valence-electron chi connectivity index (χ0n) is 11.8. The molecule has 2 rings (SSSR count). The highest BCUT2D eigenvalue weighted by atomic mass is 35.5. The molecule has 0 atom stereocenters. The number of thioether (sulfide) groups is 1. The van der Waals surface area contributed by atoms with Gasteiger partial charge in [0.2, 0.25) is 0 Å². The van der Waals surface area contributed by atoms with E-state index in [1.165, 1.54) is 11.1 Å². The SMILES string of the molecule is CCNCc1cnc(SCc2ccccc2Cl)c(C)c1. The first-order valence-electron chi connectivity index (χ1n) is 6.73. The molecule has 0 fully saturated rings. The fourth-order valence-electron chi connectivity index (χ4n) is 1.90. The van der Waals surface area contributed by atoms with Crippen molar-refractivity contribution in [3.8, 4) is 0 Å². The lowest BCUT2D eigenvalue weighted by molar-refractivity contribution is 0.721. The smallest absolute Gasteiger partial charge is 0.0992 e. The summed E-state index contributed by atoms with van der Waals surface area (Å²) in [6, 6.07) is 10.2. The zero-order chi connectivity index (χ0) is 14.4. The molecule has 1 aromatic carbocycles. The summed E-state index contributed by atoms with van der Waals surface area (Å²) in [5, 5.41) is 5.21. The molecule has 0 saturated carbocycles. The fraction of sp³-hybridized carbons (Fsp3) is 0.312. The van der Waals surface area contributed by atoms with Gasteiger partial charge in [0.1, 0.15) is 0 Å². The number of aromatic nitrogens is 1. The van der Waals surface area contributed by atoms with Crippen molar-refractivity contribution in [1.82, 2.24) is 10.3 Å². The van der Waals surface area contributed by atoms with Gasteiger partial charge >= 0.3 is 0 Å². The molecule has 0 bridgehead atoms. The van der Waals surface area contributed by atoms with E-state index in [4.69, 9.17) is 11.6 Å². The van der Waals surface area contributed by atoms with E-state index >= 15 is 0 Å². The Hall–Kier alpha value is -1.03. The van der Waals surface area contributed by atoms with Crippen molar-refractivity contribution in [2.75, 3.05) is 6.54 Å². The third-order valence-electron chi connectivity index (χ3n) is 2.99. The minimum atomic E-state index is 0.821. The van der Waals surface area contributed by atoms with E-state index in [0.717, 1.165) is 34.5 Å². The first-order valence-corrected chi connectivity index (χ1v) is 8.09. The van der Waals surface area contributed by atoms with E-state index in [0.29, 0.717) is 0 Å². The van der Waals surface area contributed by atoms with Gasteiger partial charge in [-0.2, -0.15) is 0 Å². The summed E-state index contributed by atoms with van der Waals surface area (Å²) in [5.74, 6) is 0.847. The van der Waals surface area contributed by atoms with Crippen LogP contribution in [0.4, 0.5) is 0 Å². The molecule has 1 heterocycles. The number of nitrogens with one attached hydrogen (secondary N) is 1. The standard InChI is InChI=1S/C16H19ClN2S/c1-3-18-9-13-8-12(2)16(19-10-13)20-11-14-6-4-5-7-15(14)17/h4-8,10,18H,3,9,11H2,1-2H3. The molecule has 4 heteroatoms. The zero-order valence-corrected chi connectivity index (χ0v) is 13.4. The number of rotatable bonds is 6. The van der Waals surface area contributed by atoms with Crippen molar-refractivity contribution >= 4 is 23.4 Å². The quantitative estimate of drug-likeness (QED) is 0.798. The van der Waals surface area contributed by atoms with Crippen molar-refractivity contribution in [2.24, 2.45) is 0 Å². The maximum Gasteiger partial charge on any atom is 0.0992 e. The third kappa shape index (κ3) is 4.23. The van der Waals surface area contributed by atoms with E-state index in [2.05, 4.69) is 36.3 Å². The average Bonchev–Trinajstić information content (AvgIpc) is 2.45. The predicted octanol–water partition coefficient (Wildman–Crippen LogP) is 4.45. The van der Waals surface area contributed by atoms with Crippen molar-refractivity contribution in [1.29, 1.82) is 0 Å². The summed E-state index contributed by atoms with van der Waals surface area (Å²) in [5.41, 5.74) is 3.60. The molecule has 1 N–H and O–H groups in total. The Morgan fingerprint density at radius 2 is 2.10 bits per heavy atom. The lowest BCUT2D eigenvalue weighted by Crippen LogP contribution is -2.12. The molecule has 2 aromatic rings. The van der Waals surface area contributed by atoms with Gasteiger partial charge in [0.05, 0.1) is 5.03 Å². The first kappa shape index (κ1) is 15.4. The van der Waals surface area contributed by atoms with Gasteiger partial charge in [-0.3, -0.25) is 0 Å². The molecule has 1 aromatic heterocycles. The molecule has 0 spiro atoms. The summed E-state index contributed by atoms with van der Waals surface area (Å²) in [4.78, 5) is 4.56. The number of nitrogens with zero attached hydrogens (tertiary/aromatic N) is 1. The molecule has 0 unspecified atom stereocenters. The van der Waals surface area contributed by atoms with Crippen LogP contribution in [0.1, 0.15) is 23.6 Å². The van der Waals surface area contributed by atoms with Crippen LogP contribution in [-0.2, 0) is 12.3 Å². The molecule has 0 aliphatic rings. The highest BCUT2D eigenvalue weighted by Crippen LogP contribution is 2.27. The molecule has 0 aliphatic heterocycles. The fourth-order valence-corrected chi connectivity index (χ4v) is 3.14. The summed E-state index contributed by atoms with van der Waals surface area (Å²) < 4.78 is 0. The number of hydrogen-bond donors (Lipinski definition) is 1. The first-order chi connectivity index (χ1) is 9.70. The van der Waals surface area contributed by atoms with E-state index in [1.807, 2.05) is 24.4 Å². The molecule has 0 radical (unpaired) electrons. The molecule has 0 amide bonds. The van der Waals surface area contributed by atoms with E-state index < -0.39 is 0 Å². The van der Waals surface area contributed by atoms with Crippen molar-refractivity contribution in [2.45, 2.75) is 31.2 Å². The second-order valence-corrected chi connectivity index (χ2v) is 6.00. The maximum absolute atomic E-state index is 6.17. The Balaban J connectivity index is 2.01. The van der Waals surface area contributed by atoms with Crippen molar-refractivity contribution < 1.29 is 0 Å². The van der Waals surface area contributed by atoms with E-state index in [9.17, 15) is 0 Å². The van der Waals surface area contributed by atoms with E-state index in [-0.39, 0.29) is 0 Å². The van der Waals surface area contributed by atoms with Gasteiger partial charge in [0.15, 0.2) is 0 Å². The van der Waals surface area contributed by atoms with Crippen LogP contribution in [0.5, 0.6) is 0 Å². The lowest BCUT2D eigenvalue weighted by atomic mass is 10.2. The summed E-state index contributed by atoms with van der Waals surface area (Å²) in [7, 11) is 0. The Morgan fingerprint density at radius 1 is 1.30 bits per heavy atom. The average molecular weight is 307 g/mol.